The minimum absolute atomic E-state index is 0.0374. The van der Waals surface area contributed by atoms with Gasteiger partial charge in [0, 0.05) is 22.0 Å². The molecule has 31 heavy (non-hydrogen) atoms. The largest absolute Gasteiger partial charge is 0.402 e. The SMILES string of the molecule is CC(=O)/C(=C(/C)N)c1ccc(C)c(N=C(CCc2ccc(C(C)C)c(Cl)c2)C(C)C)c1. The lowest BCUT2D eigenvalue weighted by Gasteiger charge is -2.14. The van der Waals surface area contributed by atoms with E-state index in [1.165, 1.54) is 11.1 Å². The predicted molar refractivity (Wildman–Crippen MR) is 134 cm³/mol. The van der Waals surface area contributed by atoms with Gasteiger partial charge in [-0.05, 0) is 79.8 Å². The Labute approximate surface area is 192 Å². The third-order valence-electron chi connectivity index (χ3n) is 5.53. The Balaban J connectivity index is 2.34. The van der Waals surface area contributed by atoms with E-state index in [0.717, 1.165) is 40.4 Å². The van der Waals surface area contributed by atoms with Gasteiger partial charge in [0.1, 0.15) is 0 Å². The number of rotatable bonds is 8. The lowest BCUT2D eigenvalue weighted by Crippen LogP contribution is -2.09. The van der Waals surface area contributed by atoms with Gasteiger partial charge in [-0.3, -0.25) is 9.79 Å². The van der Waals surface area contributed by atoms with Crippen LogP contribution in [0.5, 0.6) is 0 Å². The Kier molecular flexibility index (Phi) is 8.64. The minimum atomic E-state index is -0.0374. The van der Waals surface area contributed by atoms with Crippen molar-refractivity contribution in [2.24, 2.45) is 16.6 Å². The van der Waals surface area contributed by atoms with Gasteiger partial charge in [-0.1, -0.05) is 63.6 Å². The molecule has 0 spiro atoms. The van der Waals surface area contributed by atoms with Crippen molar-refractivity contribution in [3.63, 3.8) is 0 Å². The molecule has 0 unspecified atom stereocenters. The van der Waals surface area contributed by atoms with E-state index in [1.54, 1.807) is 13.8 Å². The topological polar surface area (TPSA) is 55.5 Å². The molecule has 166 valence electrons. The van der Waals surface area contributed by atoms with E-state index in [9.17, 15) is 4.79 Å². The van der Waals surface area contributed by atoms with Crippen molar-refractivity contribution in [2.45, 2.75) is 67.2 Å². The van der Waals surface area contributed by atoms with E-state index in [-0.39, 0.29) is 5.78 Å². The van der Waals surface area contributed by atoms with Crippen LogP contribution in [0, 0.1) is 12.8 Å². The molecule has 0 aromatic heterocycles. The Morgan fingerprint density at radius 1 is 1.06 bits per heavy atom. The highest BCUT2D eigenvalue weighted by molar-refractivity contribution is 6.31. The summed E-state index contributed by atoms with van der Waals surface area (Å²) >= 11 is 6.48. The van der Waals surface area contributed by atoms with Crippen molar-refractivity contribution in [3.05, 3.63) is 69.4 Å². The molecule has 0 radical (unpaired) electrons. The Morgan fingerprint density at radius 3 is 2.26 bits per heavy atom. The average molecular weight is 439 g/mol. The molecule has 0 aliphatic rings. The first-order chi connectivity index (χ1) is 14.5. The molecule has 2 rings (SSSR count). The Bertz CT molecular complexity index is 1010. The van der Waals surface area contributed by atoms with Crippen LogP contribution in [0.25, 0.3) is 5.57 Å². The van der Waals surface area contributed by atoms with E-state index in [0.29, 0.717) is 23.1 Å². The summed E-state index contributed by atoms with van der Waals surface area (Å²) in [7, 11) is 0. The second kappa shape index (κ2) is 10.8. The van der Waals surface area contributed by atoms with Crippen LogP contribution in [0.3, 0.4) is 0 Å². The molecule has 0 atom stereocenters. The fourth-order valence-corrected chi connectivity index (χ4v) is 4.11. The van der Waals surface area contributed by atoms with E-state index < -0.39 is 0 Å². The number of hydrogen-bond donors (Lipinski definition) is 1. The normalized spacial score (nSPS) is 13.0. The lowest BCUT2D eigenvalue weighted by atomic mass is 9.96. The highest BCUT2D eigenvalue weighted by Gasteiger charge is 2.13. The number of carbonyl (C=O) groups is 1. The number of nitrogens with zero attached hydrogens (tertiary/aromatic N) is 1. The fourth-order valence-electron chi connectivity index (χ4n) is 3.69. The molecular formula is C27H35ClN2O. The Hall–Kier alpha value is -2.39. The smallest absolute Gasteiger partial charge is 0.162 e. The van der Waals surface area contributed by atoms with Crippen molar-refractivity contribution in [1.82, 2.24) is 0 Å². The third kappa shape index (κ3) is 6.54. The van der Waals surface area contributed by atoms with Gasteiger partial charge in [-0.15, -0.1) is 0 Å². The monoisotopic (exact) mass is 438 g/mol. The molecule has 0 aliphatic heterocycles. The number of Topliss-reactive ketones (excluding diaryl/α,β-unsaturated/α-hetero) is 1. The van der Waals surface area contributed by atoms with E-state index in [4.69, 9.17) is 22.3 Å². The standard InChI is InChI=1S/C27H35ClN2O/c1-16(2)23-12-9-21(14-24(23)28)10-13-25(17(3)4)30-26-15-22(11-8-18(26)5)27(19(6)29)20(7)31/h8-9,11-12,14-17H,10,13,29H2,1-7H3/b27-19+,30-25?. The van der Waals surface area contributed by atoms with Gasteiger partial charge in [0.25, 0.3) is 0 Å². The minimum Gasteiger partial charge on any atom is -0.402 e. The number of hydrogen-bond acceptors (Lipinski definition) is 3. The second-order valence-corrected chi connectivity index (χ2v) is 9.29. The number of aryl methyl sites for hydroxylation is 2. The van der Waals surface area contributed by atoms with Crippen LogP contribution in [0.4, 0.5) is 5.69 Å². The molecule has 0 heterocycles. The van der Waals surface area contributed by atoms with Gasteiger partial charge in [0.15, 0.2) is 5.78 Å². The van der Waals surface area contributed by atoms with Gasteiger partial charge in [0.2, 0.25) is 0 Å². The highest BCUT2D eigenvalue weighted by atomic mass is 35.5. The van der Waals surface area contributed by atoms with Crippen LogP contribution in [0.1, 0.15) is 76.1 Å². The molecule has 0 bridgehead atoms. The number of benzene rings is 2. The van der Waals surface area contributed by atoms with Crippen molar-refractivity contribution < 1.29 is 4.79 Å². The van der Waals surface area contributed by atoms with Crippen LogP contribution >= 0.6 is 11.6 Å². The van der Waals surface area contributed by atoms with Gasteiger partial charge >= 0.3 is 0 Å². The van der Waals surface area contributed by atoms with E-state index in [2.05, 4.69) is 45.9 Å². The third-order valence-corrected chi connectivity index (χ3v) is 5.86. The van der Waals surface area contributed by atoms with Gasteiger partial charge < -0.3 is 5.73 Å². The summed E-state index contributed by atoms with van der Waals surface area (Å²) in [6.07, 6.45) is 1.73. The van der Waals surface area contributed by atoms with Crippen LogP contribution in [0.2, 0.25) is 5.02 Å². The molecule has 0 fully saturated rings. The first-order valence-electron chi connectivity index (χ1n) is 10.9. The maximum absolute atomic E-state index is 12.1. The number of halogens is 1. The molecule has 4 heteroatoms. The molecule has 2 aromatic rings. The number of allylic oxidation sites excluding steroid dienone is 2. The van der Waals surface area contributed by atoms with Gasteiger partial charge in [-0.2, -0.15) is 0 Å². The number of ketones is 1. The number of carbonyl (C=O) groups excluding carboxylic acids is 1. The van der Waals surface area contributed by atoms with Crippen LogP contribution < -0.4 is 5.73 Å². The summed E-state index contributed by atoms with van der Waals surface area (Å²) in [6, 6.07) is 12.3. The average Bonchev–Trinajstić information content (AvgIpc) is 2.66. The summed E-state index contributed by atoms with van der Waals surface area (Å²) in [5, 5.41) is 0.833. The quantitative estimate of drug-likeness (QED) is 0.344. The maximum atomic E-state index is 12.1. The predicted octanol–water partition coefficient (Wildman–Crippen LogP) is 7.41. The zero-order valence-corrected chi connectivity index (χ0v) is 20.6. The summed E-state index contributed by atoms with van der Waals surface area (Å²) in [6.45, 7) is 14.0. The first-order valence-corrected chi connectivity index (χ1v) is 11.3. The van der Waals surface area contributed by atoms with Gasteiger partial charge in [0.05, 0.1) is 5.69 Å². The van der Waals surface area contributed by atoms with E-state index >= 15 is 0 Å². The van der Waals surface area contributed by atoms with Crippen LogP contribution in [-0.4, -0.2) is 11.5 Å². The fraction of sp³-hybridized carbons (Fsp3) is 0.407. The first kappa shape index (κ1) is 24.9. The maximum Gasteiger partial charge on any atom is 0.162 e. The molecule has 0 saturated carbocycles. The lowest BCUT2D eigenvalue weighted by molar-refractivity contribution is -0.111. The molecular weight excluding hydrogens is 404 g/mol. The highest BCUT2D eigenvalue weighted by Crippen LogP contribution is 2.29. The van der Waals surface area contributed by atoms with Crippen LogP contribution in [-0.2, 0) is 11.2 Å². The van der Waals surface area contributed by atoms with E-state index in [1.807, 2.05) is 25.1 Å². The molecule has 0 amide bonds. The molecule has 0 saturated heterocycles. The molecule has 2 aromatic carbocycles. The summed E-state index contributed by atoms with van der Waals surface area (Å²) < 4.78 is 0. The second-order valence-electron chi connectivity index (χ2n) is 8.88. The Morgan fingerprint density at radius 2 is 1.74 bits per heavy atom. The van der Waals surface area contributed by atoms with Crippen molar-refractivity contribution in [1.29, 1.82) is 0 Å². The summed E-state index contributed by atoms with van der Waals surface area (Å²) in [5.41, 5.74) is 13.4. The van der Waals surface area contributed by atoms with Crippen molar-refractivity contribution >= 4 is 34.4 Å². The summed E-state index contributed by atoms with van der Waals surface area (Å²) in [4.78, 5) is 17.1. The molecule has 3 nitrogen and oxygen atoms in total. The number of nitrogens with two attached hydrogens (primary N) is 1. The van der Waals surface area contributed by atoms with Crippen molar-refractivity contribution in [3.8, 4) is 0 Å². The number of aliphatic imine (C=N–C) groups is 1. The molecule has 0 aliphatic carbocycles. The molecule has 2 N–H and O–H groups in total. The van der Waals surface area contributed by atoms with Crippen LogP contribution in [0.15, 0.2) is 47.1 Å². The summed E-state index contributed by atoms with van der Waals surface area (Å²) in [5.74, 6) is 0.688. The van der Waals surface area contributed by atoms with Gasteiger partial charge in [-0.25, -0.2) is 0 Å². The zero-order chi connectivity index (χ0) is 23.3. The zero-order valence-electron chi connectivity index (χ0n) is 19.8. The van der Waals surface area contributed by atoms with Crippen molar-refractivity contribution in [2.75, 3.05) is 0 Å².